The van der Waals surface area contributed by atoms with E-state index in [1.807, 2.05) is 60.7 Å². The van der Waals surface area contributed by atoms with Gasteiger partial charge in [0.1, 0.15) is 0 Å². The van der Waals surface area contributed by atoms with Crippen LogP contribution in [0.1, 0.15) is 27.5 Å². The first-order valence-corrected chi connectivity index (χ1v) is 11.8. The molecule has 0 aliphatic carbocycles. The SMILES string of the molecule is O=C(Nc1cccc2ncn(C(c3ccccc3)c3ccccc3)c(=O)c12)c1cc(Cl)c(O)c(Cl)c1. The molecule has 0 aliphatic rings. The molecule has 4 aromatic carbocycles. The van der Waals surface area contributed by atoms with Crippen molar-refractivity contribution in [3.05, 3.63) is 134 Å². The summed E-state index contributed by atoms with van der Waals surface area (Å²) in [4.78, 5) is 31.4. The lowest BCUT2D eigenvalue weighted by Crippen LogP contribution is -2.27. The van der Waals surface area contributed by atoms with Gasteiger partial charge in [-0.05, 0) is 35.4 Å². The Morgan fingerprint density at radius 2 is 1.44 bits per heavy atom. The largest absolute Gasteiger partial charge is 0.505 e. The van der Waals surface area contributed by atoms with Crippen LogP contribution < -0.4 is 10.9 Å². The number of halogens is 2. The second kappa shape index (κ2) is 9.85. The molecule has 5 rings (SSSR count). The number of carbonyl (C=O) groups is 1. The molecule has 0 aliphatic heterocycles. The van der Waals surface area contributed by atoms with Gasteiger partial charge in [0.15, 0.2) is 5.75 Å². The summed E-state index contributed by atoms with van der Waals surface area (Å²) < 4.78 is 1.57. The molecule has 0 radical (unpaired) electrons. The van der Waals surface area contributed by atoms with E-state index in [1.54, 1.807) is 22.8 Å². The minimum absolute atomic E-state index is 0.0526. The second-order valence-electron chi connectivity index (χ2n) is 8.12. The molecule has 0 bridgehead atoms. The van der Waals surface area contributed by atoms with Gasteiger partial charge in [0.25, 0.3) is 11.5 Å². The fraction of sp³-hybridized carbons (Fsp3) is 0.0357. The summed E-state index contributed by atoms with van der Waals surface area (Å²) in [5, 5.41) is 12.7. The molecule has 0 saturated carbocycles. The van der Waals surface area contributed by atoms with Gasteiger partial charge in [-0.3, -0.25) is 14.2 Å². The Kier molecular flexibility index (Phi) is 6.46. The first-order chi connectivity index (χ1) is 17.4. The maximum absolute atomic E-state index is 13.9. The minimum atomic E-state index is -0.538. The van der Waals surface area contributed by atoms with Gasteiger partial charge in [0, 0.05) is 5.56 Å². The van der Waals surface area contributed by atoms with Gasteiger partial charge in [0.05, 0.1) is 39.0 Å². The molecule has 0 spiro atoms. The van der Waals surface area contributed by atoms with E-state index in [9.17, 15) is 14.7 Å². The quantitative estimate of drug-likeness (QED) is 0.287. The second-order valence-corrected chi connectivity index (χ2v) is 8.94. The monoisotopic (exact) mass is 515 g/mol. The summed E-state index contributed by atoms with van der Waals surface area (Å²) in [6, 6.07) is 26.6. The third kappa shape index (κ3) is 4.44. The van der Waals surface area contributed by atoms with Gasteiger partial charge < -0.3 is 10.4 Å². The zero-order chi connectivity index (χ0) is 25.2. The Balaban J connectivity index is 1.64. The van der Waals surface area contributed by atoms with Crippen molar-refractivity contribution in [2.75, 3.05) is 5.32 Å². The number of phenolic OH excluding ortho intramolecular Hbond substituents is 1. The van der Waals surface area contributed by atoms with E-state index in [0.29, 0.717) is 11.2 Å². The van der Waals surface area contributed by atoms with Gasteiger partial charge in [-0.25, -0.2) is 4.98 Å². The molecule has 1 aromatic heterocycles. The number of amides is 1. The van der Waals surface area contributed by atoms with Crippen LogP contribution in [0, 0.1) is 0 Å². The zero-order valence-corrected chi connectivity index (χ0v) is 20.2. The van der Waals surface area contributed by atoms with Crippen molar-refractivity contribution >= 4 is 45.7 Å². The van der Waals surface area contributed by atoms with Crippen LogP contribution >= 0.6 is 23.2 Å². The zero-order valence-electron chi connectivity index (χ0n) is 18.7. The topological polar surface area (TPSA) is 84.2 Å². The fourth-order valence-corrected chi connectivity index (χ4v) is 4.63. The molecular weight excluding hydrogens is 497 g/mol. The fourth-order valence-electron chi connectivity index (χ4n) is 4.14. The van der Waals surface area contributed by atoms with Crippen molar-refractivity contribution in [2.24, 2.45) is 0 Å². The molecule has 6 nitrogen and oxygen atoms in total. The van der Waals surface area contributed by atoms with Crippen LogP contribution in [0.25, 0.3) is 10.9 Å². The van der Waals surface area contributed by atoms with E-state index < -0.39 is 11.9 Å². The van der Waals surface area contributed by atoms with E-state index in [2.05, 4.69) is 10.3 Å². The number of rotatable bonds is 5. The van der Waals surface area contributed by atoms with Crippen molar-refractivity contribution in [3.8, 4) is 5.75 Å². The van der Waals surface area contributed by atoms with Crippen molar-refractivity contribution in [2.45, 2.75) is 6.04 Å². The number of nitrogens with one attached hydrogen (secondary N) is 1. The average molecular weight is 516 g/mol. The third-order valence-electron chi connectivity index (χ3n) is 5.85. The van der Waals surface area contributed by atoms with Crippen molar-refractivity contribution in [3.63, 3.8) is 0 Å². The number of benzene rings is 4. The number of phenols is 1. The van der Waals surface area contributed by atoms with Gasteiger partial charge in [-0.2, -0.15) is 0 Å². The Labute approximate surface area is 216 Å². The number of anilines is 1. The van der Waals surface area contributed by atoms with Crippen LogP contribution in [0.15, 0.2) is 102 Å². The van der Waals surface area contributed by atoms with Crippen LogP contribution in [-0.2, 0) is 0 Å². The number of aromatic nitrogens is 2. The van der Waals surface area contributed by atoms with E-state index in [1.165, 1.54) is 18.5 Å². The van der Waals surface area contributed by atoms with E-state index in [4.69, 9.17) is 23.2 Å². The van der Waals surface area contributed by atoms with E-state index in [0.717, 1.165) is 11.1 Å². The molecule has 5 aromatic rings. The van der Waals surface area contributed by atoms with Crippen LogP contribution in [-0.4, -0.2) is 20.6 Å². The molecule has 1 amide bonds. The smallest absolute Gasteiger partial charge is 0.264 e. The summed E-state index contributed by atoms with van der Waals surface area (Å²) in [6.07, 6.45) is 1.53. The summed E-state index contributed by atoms with van der Waals surface area (Å²) in [5.74, 6) is -0.844. The van der Waals surface area contributed by atoms with Crippen molar-refractivity contribution < 1.29 is 9.90 Å². The summed E-state index contributed by atoms with van der Waals surface area (Å²) >= 11 is 12.0. The van der Waals surface area contributed by atoms with E-state index >= 15 is 0 Å². The summed E-state index contributed by atoms with van der Waals surface area (Å²) in [6.45, 7) is 0. The molecule has 2 N–H and O–H groups in total. The lowest BCUT2D eigenvalue weighted by molar-refractivity contribution is 0.102. The molecule has 8 heteroatoms. The van der Waals surface area contributed by atoms with Crippen LogP contribution in [0.5, 0.6) is 5.75 Å². The maximum Gasteiger partial charge on any atom is 0.264 e. The first kappa shape index (κ1) is 23.6. The molecule has 0 saturated heterocycles. The third-order valence-corrected chi connectivity index (χ3v) is 6.42. The predicted octanol–water partition coefficient (Wildman–Crippen LogP) is 6.30. The van der Waals surface area contributed by atoms with Gasteiger partial charge in [-0.1, -0.05) is 89.9 Å². The summed E-state index contributed by atoms with van der Waals surface area (Å²) in [7, 11) is 0. The van der Waals surface area contributed by atoms with Gasteiger partial charge >= 0.3 is 0 Å². The Bertz CT molecular complexity index is 1570. The highest BCUT2D eigenvalue weighted by atomic mass is 35.5. The number of fused-ring (bicyclic) bond motifs is 1. The number of hydrogen-bond acceptors (Lipinski definition) is 4. The van der Waals surface area contributed by atoms with Crippen LogP contribution in [0.3, 0.4) is 0 Å². The highest BCUT2D eigenvalue weighted by molar-refractivity contribution is 6.37. The lowest BCUT2D eigenvalue weighted by Gasteiger charge is -2.21. The first-order valence-electron chi connectivity index (χ1n) is 11.0. The number of aromatic hydroxyl groups is 1. The maximum atomic E-state index is 13.9. The average Bonchev–Trinajstić information content (AvgIpc) is 2.90. The normalized spacial score (nSPS) is 11.1. The molecular formula is C28H19Cl2N3O3. The predicted molar refractivity (Wildman–Crippen MR) is 142 cm³/mol. The van der Waals surface area contributed by atoms with Gasteiger partial charge in [-0.15, -0.1) is 0 Å². The number of nitrogens with zero attached hydrogens (tertiary/aromatic N) is 2. The number of carbonyl (C=O) groups excluding carboxylic acids is 1. The van der Waals surface area contributed by atoms with Crippen LogP contribution in [0.4, 0.5) is 5.69 Å². The highest BCUT2D eigenvalue weighted by Gasteiger charge is 2.21. The molecule has 36 heavy (non-hydrogen) atoms. The Hall–Kier alpha value is -4.13. The Morgan fingerprint density at radius 3 is 2.03 bits per heavy atom. The van der Waals surface area contributed by atoms with Crippen molar-refractivity contribution in [1.29, 1.82) is 0 Å². The highest BCUT2D eigenvalue weighted by Crippen LogP contribution is 2.33. The molecule has 178 valence electrons. The lowest BCUT2D eigenvalue weighted by atomic mass is 9.98. The van der Waals surface area contributed by atoms with E-state index in [-0.39, 0.29) is 32.3 Å². The standard InChI is InChI=1S/C28H19Cl2N3O3/c29-20-14-19(15-21(30)26(20)34)27(35)32-23-13-7-12-22-24(23)28(36)33(16-31-22)25(17-8-3-1-4-9-17)18-10-5-2-6-11-18/h1-16,25,34H,(H,32,35). The molecule has 0 fully saturated rings. The van der Waals surface area contributed by atoms with Gasteiger partial charge in [0.2, 0.25) is 0 Å². The van der Waals surface area contributed by atoms with Crippen molar-refractivity contribution in [1.82, 2.24) is 9.55 Å². The molecule has 0 unspecified atom stereocenters. The van der Waals surface area contributed by atoms with Crippen LogP contribution in [0.2, 0.25) is 10.0 Å². The molecule has 0 atom stereocenters. The number of hydrogen-bond donors (Lipinski definition) is 2. The minimum Gasteiger partial charge on any atom is -0.505 e. The molecule has 1 heterocycles. The Morgan fingerprint density at radius 1 is 0.861 bits per heavy atom. The summed E-state index contributed by atoms with van der Waals surface area (Å²) in [5.41, 5.74) is 2.40.